The van der Waals surface area contributed by atoms with Crippen LogP contribution in [-0.4, -0.2) is 36.1 Å². The number of halogens is 1. The first-order valence-corrected chi connectivity index (χ1v) is 13.0. The van der Waals surface area contributed by atoms with Crippen molar-refractivity contribution in [3.8, 4) is 0 Å². The Morgan fingerprint density at radius 3 is 2.45 bits per heavy atom. The summed E-state index contributed by atoms with van der Waals surface area (Å²) in [6.07, 6.45) is 0.774. The molecule has 0 aliphatic carbocycles. The van der Waals surface area contributed by atoms with Crippen LogP contribution in [0.5, 0.6) is 0 Å². The van der Waals surface area contributed by atoms with Crippen LogP contribution in [0.15, 0.2) is 53.4 Å². The van der Waals surface area contributed by atoms with Crippen molar-refractivity contribution in [1.29, 1.82) is 0 Å². The second-order valence-electron chi connectivity index (χ2n) is 9.63. The van der Waals surface area contributed by atoms with Gasteiger partial charge >= 0.3 is 6.09 Å². The van der Waals surface area contributed by atoms with Crippen molar-refractivity contribution in [2.45, 2.75) is 75.7 Å². The fourth-order valence-electron chi connectivity index (χ4n) is 4.78. The third kappa shape index (κ3) is 4.38. The lowest BCUT2D eigenvalue weighted by atomic mass is 9.75. The third-order valence-electron chi connectivity index (χ3n) is 7.07. The highest BCUT2D eigenvalue weighted by Gasteiger charge is 2.62. The minimum Gasteiger partial charge on any atom is -0.442 e. The van der Waals surface area contributed by atoms with Crippen LogP contribution < -0.4 is 0 Å². The molecule has 0 saturated carbocycles. The summed E-state index contributed by atoms with van der Waals surface area (Å²) >= 11 is 6.29. The Bertz CT molecular complexity index is 1150. The van der Waals surface area contributed by atoms with Gasteiger partial charge in [0, 0.05) is 11.4 Å². The molecule has 178 valence electrons. The molecular weight excluding hydrogens is 462 g/mol. The summed E-state index contributed by atoms with van der Waals surface area (Å²) in [4.78, 5) is 13.4. The quantitative estimate of drug-likeness (QED) is 0.517. The third-order valence-corrected chi connectivity index (χ3v) is 9.17. The van der Waals surface area contributed by atoms with Crippen LogP contribution in [-0.2, 0) is 26.0 Å². The van der Waals surface area contributed by atoms with Crippen molar-refractivity contribution in [2.24, 2.45) is 5.92 Å². The Morgan fingerprint density at radius 1 is 1.18 bits per heavy atom. The Kier molecular flexibility index (Phi) is 6.27. The lowest BCUT2D eigenvalue weighted by Gasteiger charge is -2.32. The van der Waals surface area contributed by atoms with Crippen LogP contribution in [0.1, 0.15) is 51.2 Å². The van der Waals surface area contributed by atoms with Crippen molar-refractivity contribution >= 4 is 27.7 Å². The number of hydrogen-bond acceptors (Lipinski definition) is 5. The van der Waals surface area contributed by atoms with Crippen LogP contribution >= 0.6 is 11.6 Å². The molecule has 2 saturated heterocycles. The highest BCUT2D eigenvalue weighted by molar-refractivity contribution is 7.89. The number of hydrogen-bond donors (Lipinski definition) is 0. The van der Waals surface area contributed by atoms with E-state index in [1.165, 1.54) is 12.1 Å². The van der Waals surface area contributed by atoms with E-state index in [9.17, 15) is 13.2 Å². The van der Waals surface area contributed by atoms with E-state index in [-0.39, 0.29) is 23.0 Å². The number of benzene rings is 2. The van der Waals surface area contributed by atoms with Gasteiger partial charge in [0.1, 0.15) is 11.7 Å². The fourth-order valence-corrected chi connectivity index (χ4v) is 6.26. The Hall–Kier alpha value is -2.09. The standard InChI is InChI=1S/C25H30ClNO5S/c1-17(2)25-14-13-24(4,32-25)22(15-25)31-23(28)27(16-19-7-5-6-8-21(19)26)33(29,30)20-11-9-18(3)10-12-20/h5-12,17,22H,13-16H2,1-4H3/t22-,24+,25-/m0/s1. The van der Waals surface area contributed by atoms with Gasteiger partial charge < -0.3 is 9.47 Å². The van der Waals surface area contributed by atoms with Crippen LogP contribution in [0.2, 0.25) is 5.02 Å². The average molecular weight is 492 g/mol. The second-order valence-corrected chi connectivity index (χ2v) is 11.9. The van der Waals surface area contributed by atoms with Crippen molar-refractivity contribution in [1.82, 2.24) is 4.31 Å². The van der Waals surface area contributed by atoms with Crippen LogP contribution in [0, 0.1) is 12.8 Å². The number of sulfonamides is 1. The molecule has 8 heteroatoms. The molecule has 0 radical (unpaired) electrons. The highest BCUT2D eigenvalue weighted by Crippen LogP contribution is 2.55. The molecule has 2 bridgehead atoms. The van der Waals surface area contributed by atoms with Gasteiger partial charge in [0.25, 0.3) is 10.0 Å². The van der Waals surface area contributed by atoms with Gasteiger partial charge in [-0.05, 0) is 56.4 Å². The number of amides is 1. The number of carbonyl (C=O) groups excluding carboxylic acids is 1. The first-order valence-electron chi connectivity index (χ1n) is 11.2. The van der Waals surface area contributed by atoms with E-state index in [1.54, 1.807) is 36.4 Å². The summed E-state index contributed by atoms with van der Waals surface area (Å²) in [6, 6.07) is 13.2. The van der Waals surface area contributed by atoms with Crippen LogP contribution in [0.3, 0.4) is 0 Å². The van der Waals surface area contributed by atoms with E-state index < -0.39 is 27.8 Å². The molecule has 2 aliphatic heterocycles. The van der Waals surface area contributed by atoms with Gasteiger partial charge in [0.15, 0.2) is 0 Å². The molecule has 1 amide bonds. The summed E-state index contributed by atoms with van der Waals surface area (Å²) in [5.41, 5.74) is 0.466. The van der Waals surface area contributed by atoms with Crippen molar-refractivity contribution in [3.63, 3.8) is 0 Å². The minimum atomic E-state index is -4.18. The molecule has 2 fully saturated rings. The zero-order chi connectivity index (χ0) is 24.0. The van der Waals surface area contributed by atoms with E-state index in [4.69, 9.17) is 21.1 Å². The predicted molar refractivity (Wildman–Crippen MR) is 127 cm³/mol. The number of ether oxygens (including phenoxy) is 2. The fraction of sp³-hybridized carbons (Fsp3) is 0.480. The number of fused-ring (bicyclic) bond motifs is 2. The first-order chi connectivity index (χ1) is 15.5. The Balaban J connectivity index is 1.65. The number of nitrogens with zero attached hydrogens (tertiary/aromatic N) is 1. The summed E-state index contributed by atoms with van der Waals surface area (Å²) in [5, 5.41) is 0.378. The molecule has 3 atom stereocenters. The molecule has 2 heterocycles. The normalized spacial score (nSPS) is 26.5. The van der Waals surface area contributed by atoms with E-state index in [1.807, 2.05) is 13.8 Å². The summed E-state index contributed by atoms with van der Waals surface area (Å²) < 4.78 is 40.1. The van der Waals surface area contributed by atoms with Gasteiger partial charge in [0.05, 0.1) is 17.0 Å². The van der Waals surface area contributed by atoms with E-state index in [0.717, 1.165) is 22.7 Å². The maximum absolute atomic E-state index is 13.5. The molecule has 0 aromatic heterocycles. The largest absolute Gasteiger partial charge is 0.442 e. The van der Waals surface area contributed by atoms with E-state index in [2.05, 4.69) is 13.8 Å². The highest BCUT2D eigenvalue weighted by atomic mass is 35.5. The Morgan fingerprint density at radius 2 is 1.85 bits per heavy atom. The van der Waals surface area contributed by atoms with Gasteiger partial charge in [-0.3, -0.25) is 0 Å². The summed E-state index contributed by atoms with van der Waals surface area (Å²) in [7, 11) is -4.18. The van der Waals surface area contributed by atoms with Crippen molar-refractivity contribution in [2.75, 3.05) is 0 Å². The zero-order valence-electron chi connectivity index (χ0n) is 19.4. The second kappa shape index (κ2) is 8.60. The van der Waals surface area contributed by atoms with Gasteiger partial charge in [-0.1, -0.05) is 61.3 Å². The SMILES string of the molecule is Cc1ccc(S(=O)(=O)N(Cc2ccccc2Cl)C(=O)O[C@H]2C[C@]3(C(C)C)CC[C@@]2(C)O3)cc1. The molecule has 33 heavy (non-hydrogen) atoms. The maximum atomic E-state index is 13.5. The maximum Gasteiger partial charge on any atom is 0.424 e. The molecule has 2 aliphatic rings. The van der Waals surface area contributed by atoms with E-state index >= 15 is 0 Å². The lowest BCUT2D eigenvalue weighted by molar-refractivity contribution is -0.0827. The average Bonchev–Trinajstić information content (AvgIpc) is 3.25. The molecule has 0 N–H and O–H groups in total. The number of carbonyl (C=O) groups is 1. The predicted octanol–water partition coefficient (Wildman–Crippen LogP) is 5.71. The summed E-state index contributed by atoms with van der Waals surface area (Å²) in [6.45, 7) is 7.78. The van der Waals surface area contributed by atoms with Crippen LogP contribution in [0.4, 0.5) is 4.79 Å². The number of rotatable bonds is 6. The van der Waals surface area contributed by atoms with Gasteiger partial charge in [-0.2, -0.15) is 4.31 Å². The van der Waals surface area contributed by atoms with Gasteiger partial charge in [-0.25, -0.2) is 13.2 Å². The molecular formula is C25H30ClNO5S. The van der Waals surface area contributed by atoms with Gasteiger partial charge in [0.2, 0.25) is 0 Å². The smallest absolute Gasteiger partial charge is 0.424 e. The molecule has 4 rings (SSSR count). The number of aryl methyl sites for hydroxylation is 1. The molecule has 2 aromatic carbocycles. The van der Waals surface area contributed by atoms with Crippen LogP contribution in [0.25, 0.3) is 0 Å². The topological polar surface area (TPSA) is 72.9 Å². The zero-order valence-corrected chi connectivity index (χ0v) is 20.9. The molecule has 2 aromatic rings. The van der Waals surface area contributed by atoms with Crippen molar-refractivity contribution in [3.05, 3.63) is 64.7 Å². The first kappa shape index (κ1) is 24.0. The Labute approximate surface area is 200 Å². The van der Waals surface area contributed by atoms with Crippen molar-refractivity contribution < 1.29 is 22.7 Å². The monoisotopic (exact) mass is 491 g/mol. The molecule has 0 spiro atoms. The summed E-state index contributed by atoms with van der Waals surface area (Å²) in [5.74, 6) is 0.263. The molecule has 6 nitrogen and oxygen atoms in total. The molecule has 0 unspecified atom stereocenters. The van der Waals surface area contributed by atoms with Gasteiger partial charge in [-0.15, -0.1) is 0 Å². The lowest BCUT2D eigenvalue weighted by Crippen LogP contribution is -2.45. The van der Waals surface area contributed by atoms with E-state index in [0.29, 0.717) is 17.0 Å². The minimum absolute atomic E-state index is 0.0196.